The lowest BCUT2D eigenvalue weighted by molar-refractivity contribution is 0.0895. The van der Waals surface area contributed by atoms with E-state index in [2.05, 4.69) is 24.1 Å². The Morgan fingerprint density at radius 3 is 2.89 bits per heavy atom. The van der Waals surface area contributed by atoms with Crippen molar-refractivity contribution in [3.63, 3.8) is 0 Å². The second-order valence-corrected chi connectivity index (χ2v) is 5.42. The van der Waals surface area contributed by atoms with Crippen molar-refractivity contribution in [3.8, 4) is 0 Å². The molecule has 3 unspecified atom stereocenters. The third kappa shape index (κ3) is 2.81. The molecule has 4 heteroatoms. The van der Waals surface area contributed by atoms with E-state index in [-0.39, 0.29) is 11.9 Å². The van der Waals surface area contributed by atoms with Crippen LogP contribution in [0, 0.1) is 11.8 Å². The lowest BCUT2D eigenvalue weighted by atomic mass is 9.80. The molecule has 18 heavy (non-hydrogen) atoms. The molecule has 2 rings (SSSR count). The van der Waals surface area contributed by atoms with E-state index in [1.165, 1.54) is 12.8 Å². The van der Waals surface area contributed by atoms with E-state index in [9.17, 15) is 4.79 Å². The Hall–Kier alpha value is -1.58. The van der Waals surface area contributed by atoms with Crippen molar-refractivity contribution in [2.45, 2.75) is 39.2 Å². The highest BCUT2D eigenvalue weighted by atomic mass is 16.2. The van der Waals surface area contributed by atoms with Crippen molar-refractivity contribution in [2.75, 3.05) is 5.73 Å². The fourth-order valence-corrected chi connectivity index (χ4v) is 2.72. The molecule has 0 aromatic carbocycles. The number of nitrogen functional groups attached to an aromatic ring is 1. The van der Waals surface area contributed by atoms with Crippen LogP contribution >= 0.6 is 0 Å². The number of hydrogen-bond acceptors (Lipinski definition) is 3. The Kier molecular flexibility index (Phi) is 3.84. The maximum atomic E-state index is 12.1. The molecule has 1 fully saturated rings. The molecule has 0 bridgehead atoms. The van der Waals surface area contributed by atoms with Crippen molar-refractivity contribution < 1.29 is 4.79 Å². The Balaban J connectivity index is 2.02. The SMILES string of the molecule is CC1CCC(NC(=O)c2ncccc2N)C(C)C1. The van der Waals surface area contributed by atoms with E-state index in [0.29, 0.717) is 17.3 Å². The predicted molar refractivity (Wildman–Crippen MR) is 72.1 cm³/mol. The van der Waals surface area contributed by atoms with Gasteiger partial charge >= 0.3 is 0 Å². The van der Waals surface area contributed by atoms with Gasteiger partial charge in [-0.2, -0.15) is 0 Å². The number of nitrogens with two attached hydrogens (primary N) is 1. The number of hydrogen-bond donors (Lipinski definition) is 2. The first kappa shape index (κ1) is 12.9. The van der Waals surface area contributed by atoms with Crippen molar-refractivity contribution in [3.05, 3.63) is 24.0 Å². The third-order valence-corrected chi connectivity index (χ3v) is 3.80. The number of aromatic nitrogens is 1. The summed E-state index contributed by atoms with van der Waals surface area (Å²) >= 11 is 0. The average Bonchev–Trinajstić information content (AvgIpc) is 2.33. The van der Waals surface area contributed by atoms with Crippen LogP contribution in [0.3, 0.4) is 0 Å². The highest BCUT2D eigenvalue weighted by Crippen LogP contribution is 2.28. The fraction of sp³-hybridized carbons (Fsp3) is 0.571. The summed E-state index contributed by atoms with van der Waals surface area (Å²) in [4.78, 5) is 16.2. The molecule has 4 nitrogen and oxygen atoms in total. The van der Waals surface area contributed by atoms with Gasteiger partial charge in [-0.15, -0.1) is 0 Å². The molecule has 1 aromatic rings. The van der Waals surface area contributed by atoms with Crippen LogP contribution in [-0.2, 0) is 0 Å². The number of nitrogens with one attached hydrogen (secondary N) is 1. The van der Waals surface area contributed by atoms with Gasteiger partial charge in [-0.25, -0.2) is 4.98 Å². The molecule has 1 aromatic heterocycles. The van der Waals surface area contributed by atoms with E-state index in [4.69, 9.17) is 5.73 Å². The number of amides is 1. The first-order valence-corrected chi connectivity index (χ1v) is 6.59. The van der Waals surface area contributed by atoms with Gasteiger partial charge in [0.15, 0.2) is 5.69 Å². The first-order valence-electron chi connectivity index (χ1n) is 6.59. The van der Waals surface area contributed by atoms with E-state index >= 15 is 0 Å². The zero-order chi connectivity index (χ0) is 13.1. The molecule has 1 amide bonds. The van der Waals surface area contributed by atoms with Gasteiger partial charge in [0.05, 0.1) is 5.69 Å². The summed E-state index contributed by atoms with van der Waals surface area (Å²) in [5.74, 6) is 1.12. The Morgan fingerprint density at radius 2 is 2.22 bits per heavy atom. The maximum absolute atomic E-state index is 12.1. The molecule has 1 heterocycles. The largest absolute Gasteiger partial charge is 0.397 e. The third-order valence-electron chi connectivity index (χ3n) is 3.80. The normalized spacial score (nSPS) is 27.8. The van der Waals surface area contributed by atoms with Crippen molar-refractivity contribution >= 4 is 11.6 Å². The van der Waals surface area contributed by atoms with Crippen LogP contribution in [0.2, 0.25) is 0 Å². The monoisotopic (exact) mass is 247 g/mol. The predicted octanol–water partition coefficient (Wildman–Crippen LogP) is 2.22. The van der Waals surface area contributed by atoms with E-state index < -0.39 is 0 Å². The molecule has 0 saturated heterocycles. The molecule has 1 saturated carbocycles. The van der Waals surface area contributed by atoms with E-state index in [1.54, 1.807) is 18.3 Å². The Bertz CT molecular complexity index is 433. The number of pyridine rings is 1. The van der Waals surface area contributed by atoms with Gasteiger partial charge in [0, 0.05) is 12.2 Å². The van der Waals surface area contributed by atoms with Crippen LogP contribution in [-0.4, -0.2) is 16.9 Å². The van der Waals surface area contributed by atoms with Gasteiger partial charge in [0.2, 0.25) is 0 Å². The van der Waals surface area contributed by atoms with Gasteiger partial charge in [-0.3, -0.25) is 4.79 Å². The van der Waals surface area contributed by atoms with Gasteiger partial charge in [-0.1, -0.05) is 13.8 Å². The molecular weight excluding hydrogens is 226 g/mol. The molecule has 0 spiro atoms. The zero-order valence-electron chi connectivity index (χ0n) is 11.0. The van der Waals surface area contributed by atoms with Crippen LogP contribution in [0.1, 0.15) is 43.6 Å². The van der Waals surface area contributed by atoms with Crippen LogP contribution in [0.4, 0.5) is 5.69 Å². The smallest absolute Gasteiger partial charge is 0.272 e. The zero-order valence-corrected chi connectivity index (χ0v) is 11.0. The molecule has 1 aliphatic rings. The summed E-state index contributed by atoms with van der Waals surface area (Å²) in [6.07, 6.45) is 4.98. The second kappa shape index (κ2) is 5.38. The molecular formula is C14H21N3O. The second-order valence-electron chi connectivity index (χ2n) is 5.42. The van der Waals surface area contributed by atoms with Crippen molar-refractivity contribution in [2.24, 2.45) is 11.8 Å². The molecule has 0 aliphatic heterocycles. The summed E-state index contributed by atoms with van der Waals surface area (Å²) in [6.45, 7) is 4.47. The number of carbonyl (C=O) groups is 1. The Labute approximate surface area is 108 Å². The first-order chi connectivity index (χ1) is 8.58. The van der Waals surface area contributed by atoms with Crippen LogP contribution < -0.4 is 11.1 Å². The molecule has 98 valence electrons. The van der Waals surface area contributed by atoms with Gasteiger partial charge in [0.1, 0.15) is 0 Å². The molecule has 3 atom stereocenters. The number of anilines is 1. The highest BCUT2D eigenvalue weighted by Gasteiger charge is 2.27. The average molecular weight is 247 g/mol. The lowest BCUT2D eigenvalue weighted by Gasteiger charge is -2.33. The lowest BCUT2D eigenvalue weighted by Crippen LogP contribution is -2.42. The van der Waals surface area contributed by atoms with Gasteiger partial charge in [-0.05, 0) is 43.2 Å². The number of rotatable bonds is 2. The summed E-state index contributed by atoms with van der Waals surface area (Å²) in [5, 5.41) is 3.06. The van der Waals surface area contributed by atoms with E-state index in [0.717, 1.165) is 12.3 Å². The van der Waals surface area contributed by atoms with Gasteiger partial charge < -0.3 is 11.1 Å². The van der Waals surface area contributed by atoms with Crippen LogP contribution in [0.15, 0.2) is 18.3 Å². The molecule has 3 N–H and O–H groups in total. The summed E-state index contributed by atoms with van der Waals surface area (Å²) in [5.41, 5.74) is 6.53. The minimum atomic E-state index is -0.153. The number of carbonyl (C=O) groups excluding carboxylic acids is 1. The fourth-order valence-electron chi connectivity index (χ4n) is 2.72. The highest BCUT2D eigenvalue weighted by molar-refractivity contribution is 5.97. The molecule has 0 radical (unpaired) electrons. The minimum absolute atomic E-state index is 0.153. The summed E-state index contributed by atoms with van der Waals surface area (Å²) in [6, 6.07) is 3.68. The van der Waals surface area contributed by atoms with Crippen LogP contribution in [0.5, 0.6) is 0 Å². The Morgan fingerprint density at radius 1 is 1.44 bits per heavy atom. The summed E-state index contributed by atoms with van der Waals surface area (Å²) < 4.78 is 0. The van der Waals surface area contributed by atoms with Crippen molar-refractivity contribution in [1.82, 2.24) is 10.3 Å². The standard InChI is InChI=1S/C14H21N3O/c1-9-5-6-12(10(2)8-9)17-14(18)13-11(15)4-3-7-16-13/h3-4,7,9-10,12H,5-6,8,15H2,1-2H3,(H,17,18). The van der Waals surface area contributed by atoms with Crippen LogP contribution in [0.25, 0.3) is 0 Å². The number of nitrogens with zero attached hydrogens (tertiary/aromatic N) is 1. The maximum Gasteiger partial charge on any atom is 0.272 e. The minimum Gasteiger partial charge on any atom is -0.397 e. The van der Waals surface area contributed by atoms with E-state index in [1.807, 2.05) is 0 Å². The summed E-state index contributed by atoms with van der Waals surface area (Å²) in [7, 11) is 0. The topological polar surface area (TPSA) is 68.0 Å². The van der Waals surface area contributed by atoms with Crippen molar-refractivity contribution in [1.29, 1.82) is 0 Å². The quantitative estimate of drug-likeness (QED) is 0.842. The van der Waals surface area contributed by atoms with Gasteiger partial charge in [0.25, 0.3) is 5.91 Å². The molecule has 1 aliphatic carbocycles.